The van der Waals surface area contributed by atoms with Crippen LogP contribution in [0.15, 0.2) is 28.7 Å². The van der Waals surface area contributed by atoms with Gasteiger partial charge in [0.15, 0.2) is 0 Å². The predicted molar refractivity (Wildman–Crippen MR) is 70.8 cm³/mol. The van der Waals surface area contributed by atoms with E-state index in [4.69, 9.17) is 4.74 Å². The Kier molecular flexibility index (Phi) is 6.50. The van der Waals surface area contributed by atoms with Gasteiger partial charge < -0.3 is 10.1 Å². The summed E-state index contributed by atoms with van der Waals surface area (Å²) in [5.41, 5.74) is 0. The van der Waals surface area contributed by atoms with E-state index in [2.05, 4.69) is 35.1 Å². The lowest BCUT2D eigenvalue weighted by molar-refractivity contribution is -0.686. The molecule has 16 heavy (non-hydrogen) atoms. The van der Waals surface area contributed by atoms with Gasteiger partial charge in [-0.05, 0) is 41.4 Å². The molecule has 0 saturated carbocycles. The van der Waals surface area contributed by atoms with E-state index < -0.39 is 0 Å². The Morgan fingerprint density at radius 1 is 1.38 bits per heavy atom. The molecule has 1 rings (SSSR count). The molecule has 90 valence electrons. The molecule has 0 heterocycles. The van der Waals surface area contributed by atoms with Gasteiger partial charge in [-0.1, -0.05) is 19.1 Å². The standard InChI is InChI=1S/C13H20BrNO/c1-3-11(2)15-9-6-10-16-13-8-5-4-7-12(13)14/h4-5,7-8,11,15H,3,6,9-10H2,1-2H3/p+1/t11-/m1/s1. The summed E-state index contributed by atoms with van der Waals surface area (Å²) in [6.45, 7) is 6.41. The van der Waals surface area contributed by atoms with Gasteiger partial charge in [0.25, 0.3) is 0 Å². The maximum Gasteiger partial charge on any atom is 0.133 e. The van der Waals surface area contributed by atoms with Crippen LogP contribution in [0.1, 0.15) is 26.7 Å². The van der Waals surface area contributed by atoms with Crippen LogP contribution in [-0.4, -0.2) is 19.2 Å². The fourth-order valence-electron chi connectivity index (χ4n) is 1.40. The Balaban J connectivity index is 2.14. The minimum Gasteiger partial charge on any atom is -0.492 e. The van der Waals surface area contributed by atoms with Crippen molar-refractivity contribution in [3.8, 4) is 5.75 Å². The molecule has 0 aromatic heterocycles. The molecule has 1 aromatic rings. The third kappa shape index (κ3) is 4.99. The van der Waals surface area contributed by atoms with Crippen molar-refractivity contribution in [1.82, 2.24) is 0 Å². The highest BCUT2D eigenvalue weighted by Crippen LogP contribution is 2.23. The van der Waals surface area contributed by atoms with E-state index in [0.29, 0.717) is 0 Å². The van der Waals surface area contributed by atoms with Crippen LogP contribution in [0.25, 0.3) is 0 Å². The summed E-state index contributed by atoms with van der Waals surface area (Å²) < 4.78 is 6.71. The normalized spacial score (nSPS) is 12.4. The molecule has 0 spiro atoms. The molecule has 0 unspecified atom stereocenters. The summed E-state index contributed by atoms with van der Waals surface area (Å²) in [5.74, 6) is 0.936. The van der Waals surface area contributed by atoms with Crippen LogP contribution in [0.4, 0.5) is 0 Å². The summed E-state index contributed by atoms with van der Waals surface area (Å²) >= 11 is 3.47. The number of benzene rings is 1. The van der Waals surface area contributed by atoms with Gasteiger partial charge in [0.05, 0.1) is 23.7 Å². The lowest BCUT2D eigenvalue weighted by atomic mass is 10.2. The zero-order valence-electron chi connectivity index (χ0n) is 10.1. The number of hydrogen-bond acceptors (Lipinski definition) is 1. The van der Waals surface area contributed by atoms with E-state index in [9.17, 15) is 0 Å². The van der Waals surface area contributed by atoms with Gasteiger partial charge in [-0.15, -0.1) is 0 Å². The van der Waals surface area contributed by atoms with Crippen molar-refractivity contribution in [2.24, 2.45) is 0 Å². The van der Waals surface area contributed by atoms with Crippen molar-refractivity contribution in [2.45, 2.75) is 32.7 Å². The van der Waals surface area contributed by atoms with Crippen molar-refractivity contribution >= 4 is 15.9 Å². The second-order valence-electron chi connectivity index (χ2n) is 4.04. The lowest BCUT2D eigenvalue weighted by Gasteiger charge is -2.09. The fraction of sp³-hybridized carbons (Fsp3) is 0.538. The monoisotopic (exact) mass is 286 g/mol. The Morgan fingerprint density at radius 2 is 2.12 bits per heavy atom. The van der Waals surface area contributed by atoms with Gasteiger partial charge in [-0.25, -0.2) is 0 Å². The second-order valence-corrected chi connectivity index (χ2v) is 4.90. The van der Waals surface area contributed by atoms with Crippen LogP contribution in [0.5, 0.6) is 5.75 Å². The van der Waals surface area contributed by atoms with E-state index >= 15 is 0 Å². The molecule has 0 aliphatic heterocycles. The summed E-state index contributed by atoms with van der Waals surface area (Å²) in [6, 6.07) is 8.70. The molecule has 0 radical (unpaired) electrons. The van der Waals surface area contributed by atoms with Gasteiger partial charge in [-0.3, -0.25) is 0 Å². The fourth-order valence-corrected chi connectivity index (χ4v) is 1.80. The summed E-state index contributed by atoms with van der Waals surface area (Å²) in [7, 11) is 0. The zero-order chi connectivity index (χ0) is 11.8. The topological polar surface area (TPSA) is 25.8 Å². The minimum atomic E-state index is 0.725. The van der Waals surface area contributed by atoms with E-state index in [1.54, 1.807) is 0 Å². The highest BCUT2D eigenvalue weighted by Gasteiger charge is 2.01. The Hall–Kier alpha value is -0.540. The maximum atomic E-state index is 5.69. The molecular weight excluding hydrogens is 266 g/mol. The molecular formula is C13H21BrNO+. The highest BCUT2D eigenvalue weighted by atomic mass is 79.9. The molecule has 0 bridgehead atoms. The summed E-state index contributed by atoms with van der Waals surface area (Å²) in [5, 5.41) is 2.38. The van der Waals surface area contributed by atoms with Crippen molar-refractivity contribution in [2.75, 3.05) is 13.2 Å². The SMILES string of the molecule is CC[C@@H](C)[NH2+]CCCOc1ccccc1Br. The first-order valence-corrected chi connectivity index (χ1v) is 6.74. The van der Waals surface area contributed by atoms with Crippen LogP contribution in [0, 0.1) is 0 Å². The number of nitrogens with two attached hydrogens (primary N) is 1. The largest absolute Gasteiger partial charge is 0.492 e. The van der Waals surface area contributed by atoms with E-state index in [-0.39, 0.29) is 0 Å². The van der Waals surface area contributed by atoms with Crippen LogP contribution in [0.3, 0.4) is 0 Å². The lowest BCUT2D eigenvalue weighted by Crippen LogP contribution is -2.89. The summed E-state index contributed by atoms with van der Waals surface area (Å²) in [6.07, 6.45) is 2.32. The van der Waals surface area contributed by atoms with Gasteiger partial charge in [0, 0.05) is 6.42 Å². The van der Waals surface area contributed by atoms with Crippen molar-refractivity contribution in [1.29, 1.82) is 0 Å². The molecule has 0 fully saturated rings. The van der Waals surface area contributed by atoms with E-state index in [1.165, 1.54) is 6.42 Å². The zero-order valence-corrected chi connectivity index (χ0v) is 11.7. The molecule has 0 aliphatic rings. The number of quaternary nitrogens is 1. The molecule has 2 nitrogen and oxygen atoms in total. The highest BCUT2D eigenvalue weighted by molar-refractivity contribution is 9.10. The number of rotatable bonds is 7. The first kappa shape index (κ1) is 13.5. The third-order valence-corrected chi connectivity index (χ3v) is 3.31. The first-order chi connectivity index (χ1) is 7.74. The molecule has 0 aliphatic carbocycles. The predicted octanol–water partition coefficient (Wildman–Crippen LogP) is 2.58. The third-order valence-electron chi connectivity index (χ3n) is 2.66. The first-order valence-electron chi connectivity index (χ1n) is 5.94. The molecule has 1 aromatic carbocycles. The van der Waals surface area contributed by atoms with E-state index in [0.717, 1.165) is 35.8 Å². The van der Waals surface area contributed by atoms with Gasteiger partial charge in [-0.2, -0.15) is 0 Å². The summed E-state index contributed by atoms with van der Waals surface area (Å²) in [4.78, 5) is 0. The quantitative estimate of drug-likeness (QED) is 0.766. The second kappa shape index (κ2) is 7.69. The van der Waals surface area contributed by atoms with Crippen LogP contribution >= 0.6 is 15.9 Å². The molecule has 1 atom stereocenters. The van der Waals surface area contributed by atoms with Gasteiger partial charge in [0.1, 0.15) is 5.75 Å². The molecule has 0 amide bonds. The van der Waals surface area contributed by atoms with Crippen molar-refractivity contribution in [3.05, 3.63) is 28.7 Å². The van der Waals surface area contributed by atoms with Crippen LogP contribution in [-0.2, 0) is 0 Å². The van der Waals surface area contributed by atoms with Crippen LogP contribution in [0.2, 0.25) is 0 Å². The Labute approximate surface area is 107 Å². The van der Waals surface area contributed by atoms with Crippen LogP contribution < -0.4 is 10.1 Å². The van der Waals surface area contributed by atoms with Crippen molar-refractivity contribution in [3.63, 3.8) is 0 Å². The number of para-hydroxylation sites is 1. The van der Waals surface area contributed by atoms with Crippen molar-refractivity contribution < 1.29 is 10.1 Å². The Bertz CT molecular complexity index is 304. The number of ether oxygens (including phenoxy) is 1. The Morgan fingerprint density at radius 3 is 2.81 bits per heavy atom. The average molecular weight is 287 g/mol. The number of halogens is 1. The molecule has 3 heteroatoms. The smallest absolute Gasteiger partial charge is 0.133 e. The van der Waals surface area contributed by atoms with Gasteiger partial charge >= 0.3 is 0 Å². The minimum absolute atomic E-state index is 0.725. The molecule has 2 N–H and O–H groups in total. The van der Waals surface area contributed by atoms with Gasteiger partial charge in [0.2, 0.25) is 0 Å². The molecule has 0 saturated heterocycles. The maximum absolute atomic E-state index is 5.69. The van der Waals surface area contributed by atoms with E-state index in [1.807, 2.05) is 24.3 Å². The number of hydrogen-bond donors (Lipinski definition) is 1. The average Bonchev–Trinajstić information content (AvgIpc) is 2.30.